The molecular formula is C96H152N8O16. The molecule has 12 rings (SSSR count). The van der Waals surface area contributed by atoms with Gasteiger partial charge in [-0.05, 0) is 191 Å². The summed E-state index contributed by atoms with van der Waals surface area (Å²) in [6, 6.07) is 9.38. The summed E-state index contributed by atoms with van der Waals surface area (Å²) in [7, 11) is 3.68. The lowest BCUT2D eigenvalue weighted by Gasteiger charge is -2.47. The molecule has 8 N–H and O–H groups in total. The van der Waals surface area contributed by atoms with Crippen molar-refractivity contribution in [3.8, 4) is 46.0 Å². The number of rotatable bonds is 28. The van der Waals surface area contributed by atoms with Crippen LogP contribution in [0.25, 0.3) is 0 Å². The summed E-state index contributed by atoms with van der Waals surface area (Å²) in [6.45, 7) is 9.28. The molecule has 120 heavy (non-hydrogen) atoms. The summed E-state index contributed by atoms with van der Waals surface area (Å²) < 4.78 is 310. The fraction of sp³-hybridized carbons (Fsp3) is 0.708. The second-order valence-corrected chi connectivity index (χ2v) is 33.9. The van der Waals surface area contributed by atoms with Crippen LogP contribution in [0.1, 0.15) is 271 Å². The number of esters is 4. The maximum absolute atomic E-state index is 12.9. The van der Waals surface area contributed by atoms with Crippen molar-refractivity contribution in [1.29, 1.82) is 0 Å². The highest BCUT2D eigenvalue weighted by molar-refractivity contribution is 5.77. The van der Waals surface area contributed by atoms with Gasteiger partial charge in [-0.2, -0.15) is 0 Å². The molecule has 24 nitrogen and oxygen atoms in total. The van der Waals surface area contributed by atoms with E-state index in [1.165, 1.54) is 14.2 Å². The van der Waals surface area contributed by atoms with Crippen LogP contribution in [-0.4, -0.2) is 201 Å². The van der Waals surface area contributed by atoms with Crippen molar-refractivity contribution < 1.29 is 117 Å². The topological polar surface area (TPSA) is 296 Å². The fourth-order valence-electron chi connectivity index (χ4n) is 17.3. The Morgan fingerprint density at radius 1 is 0.342 bits per heavy atom. The van der Waals surface area contributed by atoms with Gasteiger partial charge in [0.05, 0.1) is 65.0 Å². The molecule has 0 bridgehead atoms. The van der Waals surface area contributed by atoms with Gasteiger partial charge in [0.2, 0.25) is 0 Å². The molecule has 8 heterocycles. The van der Waals surface area contributed by atoms with Gasteiger partial charge in [0.25, 0.3) is 0 Å². The molecule has 20 atom stereocenters. The molecule has 0 aliphatic carbocycles. The van der Waals surface area contributed by atoms with Gasteiger partial charge >= 0.3 is 23.9 Å². The molecule has 0 saturated carbocycles. The standard InChI is InChI=1S/4C24H38N2O4/c4*1-14(2)9-17-13-26-8-7-16-10-21(28-5)22(29-6)11-18(16)19(26)12-20(17)30-24(27)23(25)15(3)4/h4*10-11,14-15,17,19-20,23H,7-9,12-13,25H2,1-6H3/t4*17-,19-,20+,23-/m0000/s1/i2*1D3,5D3,9D2,14D;2*1D3,9D2,14D/t4*14?,17-,19-,20+,23-. The second kappa shape index (κ2) is 43.9. The number of nitrogens with zero attached hydrogens (tertiary/aromatic N) is 4. The molecule has 4 unspecified atom stereocenters. The van der Waals surface area contributed by atoms with Crippen LogP contribution in [0.3, 0.4) is 0 Å². The van der Waals surface area contributed by atoms with Gasteiger partial charge in [-0.3, -0.25) is 38.8 Å². The number of nitrogens with two attached hydrogens (primary N) is 4. The van der Waals surface area contributed by atoms with E-state index in [4.69, 9.17) is 121 Å². The van der Waals surface area contributed by atoms with Crippen LogP contribution in [0, 0.1) is 70.9 Å². The minimum Gasteiger partial charge on any atom is -0.493 e. The van der Waals surface area contributed by atoms with Gasteiger partial charge in [-0.1, -0.05) is 110 Å². The third-order valence-corrected chi connectivity index (χ3v) is 24.2. The Bertz CT molecular complexity index is 5010. The summed E-state index contributed by atoms with van der Waals surface area (Å²) in [5.41, 5.74) is 31.4. The highest BCUT2D eigenvalue weighted by atomic mass is 16.6. The Kier molecular flexibility index (Phi) is 22.7. The highest BCUT2D eigenvalue weighted by Crippen LogP contribution is 2.50. The molecule has 0 aromatic heterocycles. The normalized spacial score (nSPS) is 31.6. The Labute approximate surface area is 760 Å². The van der Waals surface area contributed by atoms with Crippen molar-refractivity contribution in [3.05, 3.63) is 93.0 Å². The monoisotopic (exact) mass is 1700 g/mol. The summed E-state index contributed by atoms with van der Waals surface area (Å²) in [5, 5.41) is 0. The summed E-state index contributed by atoms with van der Waals surface area (Å²) >= 11 is 0. The summed E-state index contributed by atoms with van der Waals surface area (Å²) in [6.07, 6.45) is -11.1. The van der Waals surface area contributed by atoms with Crippen LogP contribution in [0.5, 0.6) is 46.0 Å². The van der Waals surface area contributed by atoms with Crippen molar-refractivity contribution in [2.24, 2.45) is 93.9 Å². The van der Waals surface area contributed by atoms with E-state index in [0.717, 1.165) is 72.2 Å². The first-order valence-electron chi connectivity index (χ1n) is 56.6. The molecule has 8 aliphatic heterocycles. The zero-order valence-electron chi connectivity index (χ0n) is 103. The molecular weight excluding hydrogens is 1520 g/mol. The van der Waals surface area contributed by atoms with E-state index in [1.807, 2.05) is 34.1 Å². The van der Waals surface area contributed by atoms with Crippen molar-refractivity contribution in [2.75, 3.05) is 109 Å². The molecule has 4 aromatic carbocycles. The largest absolute Gasteiger partial charge is 0.493 e. The van der Waals surface area contributed by atoms with Crippen LogP contribution in [0.4, 0.5) is 0 Å². The summed E-state index contributed by atoms with van der Waals surface area (Å²) in [4.78, 5) is 59.7. The van der Waals surface area contributed by atoms with E-state index < -0.39 is 187 Å². The first-order chi connectivity index (χ1) is 68.5. The maximum atomic E-state index is 12.9. The number of carbonyl (C=O) groups excluding carboxylic acids is 4. The number of hydrogen-bond donors (Lipinski definition) is 4. The van der Waals surface area contributed by atoms with E-state index in [0.29, 0.717) is 74.9 Å². The zero-order chi connectivity index (χ0) is 114. The minimum absolute atomic E-state index is 0.0341. The van der Waals surface area contributed by atoms with E-state index in [1.54, 1.807) is 108 Å². The molecule has 0 amide bonds. The lowest BCUT2D eigenvalue weighted by molar-refractivity contribution is -0.161. The lowest BCUT2D eigenvalue weighted by atomic mass is 9.79. The van der Waals surface area contributed by atoms with E-state index >= 15 is 0 Å². The zero-order valence-corrected chi connectivity index (χ0v) is 73.1. The Morgan fingerprint density at radius 3 is 0.708 bits per heavy atom. The third kappa shape index (κ3) is 23.8. The van der Waals surface area contributed by atoms with Crippen molar-refractivity contribution >= 4 is 23.9 Å². The number of piperidine rings is 4. The Balaban J connectivity index is 0.000000222. The third-order valence-electron chi connectivity index (χ3n) is 24.2. The van der Waals surface area contributed by atoms with Gasteiger partial charge in [-0.25, -0.2) is 0 Å². The van der Waals surface area contributed by atoms with E-state index in [-0.39, 0.29) is 123 Å². The van der Waals surface area contributed by atoms with Gasteiger partial charge in [0.1, 0.15) is 48.6 Å². The van der Waals surface area contributed by atoms with Crippen LogP contribution in [0.15, 0.2) is 48.5 Å². The molecule has 0 spiro atoms. The predicted molar refractivity (Wildman–Crippen MR) is 471 cm³/mol. The van der Waals surface area contributed by atoms with Crippen LogP contribution in [0.2, 0.25) is 0 Å². The predicted octanol–water partition coefficient (Wildman–Crippen LogP) is 14.3. The lowest BCUT2D eigenvalue weighted by Crippen LogP contribution is -2.51. The smallest absolute Gasteiger partial charge is 0.323 e. The van der Waals surface area contributed by atoms with E-state index in [2.05, 4.69) is 9.80 Å². The number of fused-ring (bicyclic) bond motifs is 12. The van der Waals surface area contributed by atoms with Crippen LogP contribution in [-0.2, 0) is 63.8 Å². The number of hydrogen-bond acceptors (Lipinski definition) is 24. The highest BCUT2D eigenvalue weighted by Gasteiger charge is 2.47. The number of methoxy groups -OCH3 is 8. The Morgan fingerprint density at radius 2 is 0.533 bits per heavy atom. The SMILES string of the molecule is [2H]C([2H])([2H])C([2H])(C)C([2H])([2H])[C@H]1CN2CCc3cc(OC)c(OC)cc3[C@@H]2C[C@H]1OC(=O)[C@@H](N)C(C)C.[2H]C([2H])([2H])C([2H])(C)C([2H])([2H])[C@H]1CN2CCc3cc(OC)c(OC)cc3[C@@H]2C[C@H]1OC(=O)[C@@H](N)C(C)C.[2H]C([2H])([2H])Oc1cc2c(cc1OC)[C@@H]1C[C@@H](OC(=O)[C@@H](N)C(C)C)[C@@H](C([2H])([2H])C([2H])(C)C([2H])([2H])[2H])CN1CC2.[2H]C([2H])([2H])Oc1cc2c(cc1OC)[C@@H]1C[C@@H](OC(=O)[C@@H](N)C(C)C)[C@@H](C([2H])([2H])C([2H])(C)C([2H])([2H])[2H])CN1CC2. The molecule has 4 fully saturated rings. The first kappa shape index (κ1) is 62.0. The average Bonchev–Trinajstić information content (AvgIpc) is 0.738. The maximum Gasteiger partial charge on any atom is 0.323 e. The van der Waals surface area contributed by atoms with Gasteiger partial charge < -0.3 is 79.8 Å². The quantitative estimate of drug-likeness (QED) is 0.0303. The van der Waals surface area contributed by atoms with Gasteiger partial charge in [0.15, 0.2) is 46.0 Å². The van der Waals surface area contributed by atoms with Crippen LogP contribution < -0.4 is 60.8 Å². The molecule has 8 aliphatic rings. The minimum atomic E-state index is -2.93. The van der Waals surface area contributed by atoms with Crippen molar-refractivity contribution in [3.63, 3.8) is 0 Å². The number of carbonyl (C=O) groups is 4. The number of ether oxygens (including phenoxy) is 12. The number of benzene rings is 4. The molecule has 4 aromatic rings. The fourth-order valence-corrected chi connectivity index (χ4v) is 17.3. The molecule has 672 valence electrons. The second-order valence-electron chi connectivity index (χ2n) is 33.9. The molecule has 4 saturated heterocycles. The summed E-state index contributed by atoms with van der Waals surface area (Å²) in [5.74, 6) is -14.9. The Hall–Kier alpha value is -7.16. The van der Waals surface area contributed by atoms with Crippen LogP contribution >= 0.6 is 0 Å². The van der Waals surface area contributed by atoms with Crippen molar-refractivity contribution in [2.45, 2.75) is 260 Å². The molecule has 0 radical (unpaired) electrons. The van der Waals surface area contributed by atoms with Crippen molar-refractivity contribution in [1.82, 2.24) is 19.6 Å². The van der Waals surface area contributed by atoms with Gasteiger partial charge in [0, 0.05) is 159 Å². The van der Waals surface area contributed by atoms with Gasteiger partial charge in [-0.15, -0.1) is 0 Å². The first-order valence-corrected chi connectivity index (χ1v) is 41.6. The van der Waals surface area contributed by atoms with E-state index in [9.17, 15) is 19.2 Å². The average molecular weight is 1700 g/mol. The molecule has 24 heteroatoms.